The van der Waals surface area contributed by atoms with Crippen LogP contribution in [-0.2, 0) is 26.0 Å². The Hall–Kier alpha value is -3.16. The number of carbonyl (C=O) groups is 1. The third kappa shape index (κ3) is 5.00. The second-order valence-electron chi connectivity index (χ2n) is 7.14. The molecule has 0 heterocycles. The number of aryl methyl sites for hydroxylation is 1. The van der Waals surface area contributed by atoms with E-state index in [1.54, 1.807) is 18.2 Å². The Morgan fingerprint density at radius 1 is 0.906 bits per heavy atom. The minimum absolute atomic E-state index is 0.0432. The highest BCUT2D eigenvalue weighted by Crippen LogP contribution is 2.29. The maximum Gasteiger partial charge on any atom is 0.338 e. The van der Waals surface area contributed by atoms with Gasteiger partial charge in [-0.25, -0.2) is 4.79 Å². The molecule has 32 heavy (non-hydrogen) atoms. The van der Waals surface area contributed by atoms with Crippen molar-refractivity contribution in [2.45, 2.75) is 31.6 Å². The lowest BCUT2D eigenvalue weighted by atomic mass is 10.1. The number of hydrogen-bond donors (Lipinski definition) is 0. The molecule has 0 radical (unpaired) electrons. The molecule has 7 heteroatoms. The van der Waals surface area contributed by atoms with Crippen LogP contribution in [0.1, 0.15) is 36.2 Å². The number of hydrogen-bond acceptors (Lipinski definition) is 5. The van der Waals surface area contributed by atoms with Gasteiger partial charge in [-0.15, -0.1) is 4.47 Å². The first kappa shape index (κ1) is 23.5. The molecular formula is C25H27NO5S. The fourth-order valence-electron chi connectivity index (χ4n) is 3.28. The molecule has 0 unspecified atom stereocenters. The fraction of sp³-hybridized carbons (Fsp3) is 0.240. The normalized spacial score (nSPS) is 11.2. The first-order valence-electron chi connectivity index (χ1n) is 10.5. The van der Waals surface area contributed by atoms with Crippen molar-refractivity contribution in [3.63, 3.8) is 0 Å². The summed E-state index contributed by atoms with van der Waals surface area (Å²) in [6.45, 7) is 4.01. The highest BCUT2D eigenvalue weighted by molar-refractivity contribution is 7.92. The zero-order valence-corrected chi connectivity index (χ0v) is 19.3. The molecule has 3 aromatic carbocycles. The Kier molecular flexibility index (Phi) is 7.66. The lowest BCUT2D eigenvalue weighted by molar-refractivity contribution is 0.0599. The number of rotatable bonds is 9. The van der Waals surface area contributed by atoms with Crippen LogP contribution in [0.2, 0.25) is 0 Å². The summed E-state index contributed by atoms with van der Waals surface area (Å²) in [7, 11) is -2.82. The van der Waals surface area contributed by atoms with Crippen molar-refractivity contribution in [3.8, 4) is 11.1 Å². The van der Waals surface area contributed by atoms with E-state index < -0.39 is 16.0 Å². The number of nitrogens with zero attached hydrogens (tertiary/aromatic N) is 1. The third-order valence-electron chi connectivity index (χ3n) is 4.98. The highest BCUT2D eigenvalue weighted by Gasteiger charge is 2.28. The molecule has 0 aromatic heterocycles. The van der Waals surface area contributed by atoms with Crippen molar-refractivity contribution in [2.24, 2.45) is 0 Å². The smallest absolute Gasteiger partial charge is 0.338 e. The topological polar surface area (TPSA) is 72.9 Å². The largest absolute Gasteiger partial charge is 0.465 e. The second-order valence-corrected chi connectivity index (χ2v) is 8.90. The first-order chi connectivity index (χ1) is 15.4. The summed E-state index contributed by atoms with van der Waals surface area (Å²) in [5.74, 6) is -0.577. The molecule has 0 saturated heterocycles. The Morgan fingerprint density at radius 3 is 2.16 bits per heavy atom. The van der Waals surface area contributed by atoms with Crippen LogP contribution in [0.15, 0.2) is 77.7 Å². The van der Waals surface area contributed by atoms with E-state index in [0.717, 1.165) is 15.6 Å². The zero-order chi connectivity index (χ0) is 23.1. The molecule has 0 amide bonds. The molecule has 0 saturated carbocycles. The van der Waals surface area contributed by atoms with E-state index in [0.29, 0.717) is 24.1 Å². The number of esters is 1. The van der Waals surface area contributed by atoms with Crippen molar-refractivity contribution in [1.29, 1.82) is 0 Å². The van der Waals surface area contributed by atoms with Crippen molar-refractivity contribution < 1.29 is 22.8 Å². The van der Waals surface area contributed by atoms with Crippen LogP contribution >= 0.6 is 0 Å². The van der Waals surface area contributed by atoms with Gasteiger partial charge in [-0.1, -0.05) is 62.4 Å². The van der Waals surface area contributed by atoms with E-state index in [4.69, 9.17) is 9.57 Å². The van der Waals surface area contributed by atoms with Crippen LogP contribution in [0, 0.1) is 0 Å². The highest BCUT2D eigenvalue weighted by atomic mass is 32.2. The predicted molar refractivity (Wildman–Crippen MR) is 125 cm³/mol. The van der Waals surface area contributed by atoms with Gasteiger partial charge < -0.3 is 4.74 Å². The number of benzene rings is 3. The fourth-order valence-corrected chi connectivity index (χ4v) is 4.59. The van der Waals surface area contributed by atoms with Gasteiger partial charge in [0.2, 0.25) is 0 Å². The Labute approximate surface area is 189 Å². The van der Waals surface area contributed by atoms with Crippen LogP contribution in [0.3, 0.4) is 0 Å². The molecular weight excluding hydrogens is 426 g/mol. The number of sulfonamides is 1. The molecule has 0 spiro atoms. The molecule has 0 aliphatic heterocycles. The van der Waals surface area contributed by atoms with E-state index in [2.05, 4.69) is 0 Å². The molecule has 0 aliphatic carbocycles. The predicted octanol–water partition coefficient (Wildman–Crippen LogP) is 5.24. The molecule has 0 fully saturated rings. The summed E-state index contributed by atoms with van der Waals surface area (Å²) in [5, 5.41) is 0. The maximum absolute atomic E-state index is 13.5. The van der Waals surface area contributed by atoms with E-state index in [9.17, 15) is 13.2 Å². The maximum atomic E-state index is 13.5. The van der Waals surface area contributed by atoms with Gasteiger partial charge in [0.1, 0.15) is 0 Å². The zero-order valence-electron chi connectivity index (χ0n) is 18.4. The number of methoxy groups -OCH3 is 1. The SMILES string of the molecule is CCCON(c1ccc(-c2ccccc2)cc1)S(=O)(=O)c1ccc(CC)c(C(=O)OC)c1. The van der Waals surface area contributed by atoms with Crippen molar-refractivity contribution in [2.75, 3.05) is 18.2 Å². The van der Waals surface area contributed by atoms with Crippen LogP contribution in [-0.4, -0.2) is 28.1 Å². The Balaban J connectivity index is 2.02. The van der Waals surface area contributed by atoms with E-state index >= 15 is 0 Å². The van der Waals surface area contributed by atoms with Crippen LogP contribution < -0.4 is 4.47 Å². The quantitative estimate of drug-likeness (QED) is 0.327. The standard InChI is InChI=1S/C25H27NO5S/c1-4-17-31-26(22-14-11-21(12-15-22)20-9-7-6-8-10-20)32(28,29)23-16-13-19(5-2)24(18-23)25(27)30-3/h6-16,18H,4-5,17H2,1-3H3. The summed E-state index contributed by atoms with van der Waals surface area (Å²) >= 11 is 0. The molecule has 0 bridgehead atoms. The molecule has 0 N–H and O–H groups in total. The first-order valence-corrected chi connectivity index (χ1v) is 11.9. The third-order valence-corrected chi connectivity index (χ3v) is 6.58. The minimum Gasteiger partial charge on any atom is -0.465 e. The van der Waals surface area contributed by atoms with Crippen LogP contribution in [0.4, 0.5) is 5.69 Å². The van der Waals surface area contributed by atoms with Crippen molar-refractivity contribution in [3.05, 3.63) is 83.9 Å². The van der Waals surface area contributed by atoms with Gasteiger partial charge in [-0.05, 0) is 53.8 Å². The van der Waals surface area contributed by atoms with Gasteiger partial charge in [0.25, 0.3) is 10.0 Å². The molecule has 168 valence electrons. The lowest BCUT2D eigenvalue weighted by Crippen LogP contribution is -2.32. The van der Waals surface area contributed by atoms with Gasteiger partial charge in [0, 0.05) is 0 Å². The van der Waals surface area contributed by atoms with E-state index in [1.165, 1.54) is 19.2 Å². The molecule has 0 atom stereocenters. The molecule has 3 aromatic rings. The van der Waals surface area contributed by atoms with Gasteiger partial charge in [-0.2, -0.15) is 8.42 Å². The monoisotopic (exact) mass is 453 g/mol. The van der Waals surface area contributed by atoms with Gasteiger partial charge in [0.15, 0.2) is 0 Å². The second kappa shape index (κ2) is 10.4. The van der Waals surface area contributed by atoms with Crippen LogP contribution in [0.25, 0.3) is 11.1 Å². The number of carbonyl (C=O) groups excluding carboxylic acids is 1. The van der Waals surface area contributed by atoms with Crippen LogP contribution in [0.5, 0.6) is 0 Å². The minimum atomic E-state index is -4.09. The summed E-state index contributed by atoms with van der Waals surface area (Å²) in [5.41, 5.74) is 3.30. The summed E-state index contributed by atoms with van der Waals surface area (Å²) in [6, 6.07) is 21.4. The molecule has 3 rings (SSSR count). The number of ether oxygens (including phenoxy) is 1. The van der Waals surface area contributed by atoms with Gasteiger partial charge >= 0.3 is 5.97 Å². The van der Waals surface area contributed by atoms with Gasteiger partial charge in [0.05, 0.1) is 29.9 Å². The lowest BCUT2D eigenvalue weighted by Gasteiger charge is -2.24. The summed E-state index contributed by atoms with van der Waals surface area (Å²) < 4.78 is 32.8. The Bertz CT molecular complexity index is 1160. The average Bonchev–Trinajstić information content (AvgIpc) is 2.84. The summed E-state index contributed by atoms with van der Waals surface area (Å²) in [6.07, 6.45) is 1.21. The van der Waals surface area contributed by atoms with E-state index in [-0.39, 0.29) is 17.1 Å². The van der Waals surface area contributed by atoms with Gasteiger partial charge in [-0.3, -0.25) is 4.84 Å². The van der Waals surface area contributed by atoms with E-state index in [1.807, 2.05) is 56.3 Å². The van der Waals surface area contributed by atoms with Crippen molar-refractivity contribution >= 4 is 21.7 Å². The Morgan fingerprint density at radius 2 is 1.56 bits per heavy atom. The molecule has 6 nitrogen and oxygen atoms in total. The molecule has 0 aliphatic rings. The average molecular weight is 454 g/mol. The van der Waals surface area contributed by atoms with Crippen molar-refractivity contribution in [1.82, 2.24) is 0 Å². The number of anilines is 1. The summed E-state index contributed by atoms with van der Waals surface area (Å²) in [4.78, 5) is 17.8.